The van der Waals surface area contributed by atoms with Crippen molar-refractivity contribution in [2.24, 2.45) is 0 Å². The van der Waals surface area contributed by atoms with Crippen molar-refractivity contribution >= 4 is 26.8 Å². The van der Waals surface area contributed by atoms with Crippen LogP contribution < -0.4 is 0 Å². The molecule has 20 heavy (non-hydrogen) atoms. The maximum Gasteiger partial charge on any atom is 0.0967 e. The third kappa shape index (κ3) is 2.33. The highest BCUT2D eigenvalue weighted by molar-refractivity contribution is 9.09. The zero-order valence-electron chi connectivity index (χ0n) is 11.4. The first-order chi connectivity index (χ1) is 9.69. The molecular weight excluding hydrogens is 316 g/mol. The summed E-state index contributed by atoms with van der Waals surface area (Å²) in [5, 5.41) is 9.57. The molecule has 1 aromatic carbocycles. The van der Waals surface area contributed by atoms with E-state index in [1.54, 1.807) is 4.68 Å². The van der Waals surface area contributed by atoms with E-state index in [9.17, 15) is 0 Å². The molecule has 102 valence electrons. The molecule has 0 bridgehead atoms. The number of aromatic nitrogens is 4. The Morgan fingerprint density at radius 1 is 1.25 bits per heavy atom. The minimum absolute atomic E-state index is 0.237. The van der Waals surface area contributed by atoms with Gasteiger partial charge in [-0.3, -0.25) is 4.98 Å². The molecule has 0 aliphatic carbocycles. The monoisotopic (exact) mass is 330 g/mol. The molecule has 0 aliphatic rings. The van der Waals surface area contributed by atoms with Gasteiger partial charge < -0.3 is 0 Å². The van der Waals surface area contributed by atoms with E-state index in [0.29, 0.717) is 0 Å². The number of fused-ring (bicyclic) bond motifs is 1. The van der Waals surface area contributed by atoms with Crippen LogP contribution in [0.4, 0.5) is 0 Å². The smallest absolute Gasteiger partial charge is 0.0967 e. The molecule has 5 heteroatoms. The summed E-state index contributed by atoms with van der Waals surface area (Å²) in [5.74, 6) is 0. The molecule has 2 aromatic heterocycles. The van der Waals surface area contributed by atoms with Crippen LogP contribution in [0.2, 0.25) is 0 Å². The fraction of sp³-hybridized carbons (Fsp3) is 0.267. The Morgan fingerprint density at radius 3 is 2.90 bits per heavy atom. The predicted molar refractivity (Wildman–Crippen MR) is 83.4 cm³/mol. The van der Waals surface area contributed by atoms with Gasteiger partial charge in [0.05, 0.1) is 27.9 Å². The number of aryl methyl sites for hydroxylation is 1. The minimum Gasteiger partial charge on any atom is -0.251 e. The number of pyridine rings is 1. The van der Waals surface area contributed by atoms with Crippen molar-refractivity contribution in [3.8, 4) is 5.69 Å². The molecule has 0 aliphatic heterocycles. The maximum atomic E-state index is 4.63. The van der Waals surface area contributed by atoms with Crippen molar-refractivity contribution in [1.82, 2.24) is 20.0 Å². The van der Waals surface area contributed by atoms with Crippen LogP contribution in [0.1, 0.15) is 29.6 Å². The number of hydrogen-bond acceptors (Lipinski definition) is 3. The normalized spacial score (nSPS) is 12.8. The van der Waals surface area contributed by atoms with E-state index in [-0.39, 0.29) is 4.83 Å². The fourth-order valence-corrected chi connectivity index (χ4v) is 2.37. The van der Waals surface area contributed by atoms with Crippen LogP contribution in [0.5, 0.6) is 0 Å². The first-order valence-corrected chi connectivity index (χ1v) is 7.53. The summed E-state index contributed by atoms with van der Waals surface area (Å²) in [6.07, 6.45) is 2.94. The average Bonchev–Trinajstić information content (AvgIpc) is 2.95. The quantitative estimate of drug-likeness (QED) is 0.682. The summed E-state index contributed by atoms with van der Waals surface area (Å²) < 4.78 is 1.80. The zero-order valence-corrected chi connectivity index (χ0v) is 13.0. The van der Waals surface area contributed by atoms with Gasteiger partial charge in [-0.2, -0.15) is 0 Å². The zero-order chi connectivity index (χ0) is 14.1. The Kier molecular flexibility index (Phi) is 3.53. The molecule has 2 heterocycles. The summed E-state index contributed by atoms with van der Waals surface area (Å²) >= 11 is 3.60. The van der Waals surface area contributed by atoms with Gasteiger partial charge in [-0.25, -0.2) is 4.68 Å². The van der Waals surface area contributed by atoms with E-state index in [0.717, 1.165) is 34.4 Å². The van der Waals surface area contributed by atoms with Crippen molar-refractivity contribution in [1.29, 1.82) is 0 Å². The minimum atomic E-state index is 0.237. The van der Waals surface area contributed by atoms with Gasteiger partial charge in [-0.15, -0.1) is 5.10 Å². The molecule has 0 spiro atoms. The topological polar surface area (TPSA) is 43.6 Å². The highest BCUT2D eigenvalue weighted by atomic mass is 79.9. The first kappa shape index (κ1) is 13.2. The molecule has 0 N–H and O–H groups in total. The Hall–Kier alpha value is -1.75. The van der Waals surface area contributed by atoms with Crippen molar-refractivity contribution in [2.75, 3.05) is 0 Å². The van der Waals surface area contributed by atoms with Crippen LogP contribution in [0.15, 0.2) is 36.5 Å². The summed E-state index contributed by atoms with van der Waals surface area (Å²) in [5.41, 5.74) is 3.85. The lowest BCUT2D eigenvalue weighted by Gasteiger charge is -2.06. The van der Waals surface area contributed by atoms with Crippen LogP contribution in [0, 0.1) is 6.92 Å². The van der Waals surface area contributed by atoms with E-state index in [2.05, 4.69) is 50.3 Å². The van der Waals surface area contributed by atoms with E-state index in [4.69, 9.17) is 0 Å². The summed E-state index contributed by atoms with van der Waals surface area (Å²) in [6, 6.07) is 10.2. The molecule has 3 aromatic rings. The molecule has 4 nitrogen and oxygen atoms in total. The third-order valence-corrected chi connectivity index (χ3v) is 4.39. The van der Waals surface area contributed by atoms with Crippen molar-refractivity contribution in [2.45, 2.75) is 25.1 Å². The second-order valence-corrected chi connectivity index (χ2v) is 5.87. The Bertz CT molecular complexity index is 750. The van der Waals surface area contributed by atoms with E-state index in [1.807, 2.05) is 31.3 Å². The Morgan fingerprint density at radius 2 is 2.10 bits per heavy atom. The standard InChI is InChI=1S/C15H15BrN4/c1-3-12(16)13-9-20(19-18-13)14-6-4-5-11-8-7-10(2)17-15(11)14/h4-9,12H,3H2,1-2H3. The lowest BCUT2D eigenvalue weighted by Crippen LogP contribution is -1.98. The summed E-state index contributed by atoms with van der Waals surface area (Å²) in [4.78, 5) is 4.86. The highest BCUT2D eigenvalue weighted by Crippen LogP contribution is 2.25. The SMILES string of the molecule is CCC(Br)c1cn(-c2cccc3ccc(C)nc23)nn1. The summed E-state index contributed by atoms with van der Waals surface area (Å²) in [7, 11) is 0. The number of halogens is 1. The van der Waals surface area contributed by atoms with E-state index in [1.165, 1.54) is 0 Å². The summed E-state index contributed by atoms with van der Waals surface area (Å²) in [6.45, 7) is 4.11. The maximum absolute atomic E-state index is 4.63. The number of para-hydroxylation sites is 1. The predicted octanol–water partition coefficient (Wildman–Crippen LogP) is 3.97. The van der Waals surface area contributed by atoms with Gasteiger partial charge in [0.25, 0.3) is 0 Å². The van der Waals surface area contributed by atoms with Crippen molar-refractivity contribution in [3.05, 3.63) is 47.9 Å². The lowest BCUT2D eigenvalue weighted by molar-refractivity contribution is 0.792. The first-order valence-electron chi connectivity index (χ1n) is 6.62. The van der Waals surface area contributed by atoms with Crippen LogP contribution in [-0.4, -0.2) is 20.0 Å². The van der Waals surface area contributed by atoms with Gasteiger partial charge in [0.1, 0.15) is 0 Å². The van der Waals surface area contributed by atoms with Crippen LogP contribution in [-0.2, 0) is 0 Å². The van der Waals surface area contributed by atoms with Gasteiger partial charge in [-0.1, -0.05) is 46.3 Å². The number of hydrogen-bond donors (Lipinski definition) is 0. The van der Waals surface area contributed by atoms with Gasteiger partial charge in [-0.05, 0) is 25.5 Å². The number of alkyl halides is 1. The van der Waals surface area contributed by atoms with Crippen molar-refractivity contribution < 1.29 is 0 Å². The van der Waals surface area contributed by atoms with Gasteiger partial charge in [0.2, 0.25) is 0 Å². The Labute approximate surface area is 126 Å². The largest absolute Gasteiger partial charge is 0.251 e. The highest BCUT2D eigenvalue weighted by Gasteiger charge is 2.12. The van der Waals surface area contributed by atoms with Gasteiger partial charge in [0.15, 0.2) is 0 Å². The molecule has 0 fully saturated rings. The van der Waals surface area contributed by atoms with Crippen LogP contribution in [0.25, 0.3) is 16.6 Å². The molecule has 0 amide bonds. The molecule has 3 rings (SSSR count). The van der Waals surface area contributed by atoms with Crippen LogP contribution >= 0.6 is 15.9 Å². The van der Waals surface area contributed by atoms with Gasteiger partial charge >= 0.3 is 0 Å². The molecule has 1 atom stereocenters. The third-order valence-electron chi connectivity index (χ3n) is 3.28. The molecule has 0 radical (unpaired) electrons. The molecule has 0 saturated heterocycles. The number of rotatable bonds is 3. The molecular formula is C15H15BrN4. The Balaban J connectivity index is 2.14. The van der Waals surface area contributed by atoms with E-state index >= 15 is 0 Å². The second kappa shape index (κ2) is 5.32. The fourth-order valence-electron chi connectivity index (χ4n) is 2.16. The van der Waals surface area contributed by atoms with Crippen LogP contribution in [0.3, 0.4) is 0 Å². The molecule has 1 unspecified atom stereocenters. The average molecular weight is 331 g/mol. The lowest BCUT2D eigenvalue weighted by atomic mass is 10.2. The van der Waals surface area contributed by atoms with E-state index < -0.39 is 0 Å². The van der Waals surface area contributed by atoms with Gasteiger partial charge in [0, 0.05) is 11.1 Å². The number of benzene rings is 1. The van der Waals surface area contributed by atoms with Crippen molar-refractivity contribution in [3.63, 3.8) is 0 Å². The number of nitrogens with zero attached hydrogens (tertiary/aromatic N) is 4. The molecule has 0 saturated carbocycles. The second-order valence-electron chi connectivity index (χ2n) is 4.77.